The van der Waals surface area contributed by atoms with Crippen molar-refractivity contribution < 1.29 is 8.42 Å². The Labute approximate surface area is 109 Å². The lowest BCUT2D eigenvalue weighted by atomic mass is 10.1. The Morgan fingerprint density at radius 1 is 1.44 bits per heavy atom. The van der Waals surface area contributed by atoms with E-state index in [-0.39, 0.29) is 17.3 Å². The Balaban J connectivity index is 2.05. The molecule has 0 amide bonds. The van der Waals surface area contributed by atoms with Crippen LogP contribution in [0.25, 0.3) is 0 Å². The first-order chi connectivity index (χ1) is 8.48. The van der Waals surface area contributed by atoms with Crippen molar-refractivity contribution in [2.45, 2.75) is 43.5 Å². The van der Waals surface area contributed by atoms with Crippen LogP contribution in [0.5, 0.6) is 0 Å². The normalized spacial score (nSPS) is 26.1. The number of sulfone groups is 1. The zero-order valence-corrected chi connectivity index (χ0v) is 11.7. The van der Waals surface area contributed by atoms with E-state index in [1.165, 1.54) is 6.26 Å². The summed E-state index contributed by atoms with van der Waals surface area (Å²) in [4.78, 5) is 4.09. The summed E-state index contributed by atoms with van der Waals surface area (Å²) in [6.07, 6.45) is 7.59. The predicted molar refractivity (Wildman–Crippen MR) is 72.1 cm³/mol. The molecule has 1 aliphatic carbocycles. The van der Waals surface area contributed by atoms with Crippen LogP contribution >= 0.6 is 0 Å². The minimum Gasteiger partial charge on any atom is -0.306 e. The maximum atomic E-state index is 11.7. The lowest BCUT2D eigenvalue weighted by Gasteiger charge is -2.24. The van der Waals surface area contributed by atoms with Gasteiger partial charge in [0.15, 0.2) is 9.84 Å². The largest absolute Gasteiger partial charge is 0.306 e. The molecule has 0 radical (unpaired) electrons. The molecule has 1 heterocycles. The second-order valence-corrected chi connectivity index (χ2v) is 7.34. The van der Waals surface area contributed by atoms with E-state index in [0.29, 0.717) is 0 Å². The van der Waals surface area contributed by atoms with Crippen LogP contribution in [0.3, 0.4) is 0 Å². The second-order valence-electron chi connectivity index (χ2n) is 5.08. The topological polar surface area (TPSA) is 59.1 Å². The minimum atomic E-state index is -2.96. The van der Waals surface area contributed by atoms with Crippen molar-refractivity contribution >= 4 is 9.84 Å². The molecule has 2 unspecified atom stereocenters. The first-order valence-corrected chi connectivity index (χ1v) is 8.29. The first-order valence-electron chi connectivity index (χ1n) is 6.33. The maximum Gasteiger partial charge on any atom is 0.151 e. The van der Waals surface area contributed by atoms with Crippen LogP contribution in [0.1, 0.15) is 37.8 Å². The number of nitrogens with one attached hydrogen (secondary N) is 1. The van der Waals surface area contributed by atoms with Gasteiger partial charge in [0.1, 0.15) is 0 Å². The summed E-state index contributed by atoms with van der Waals surface area (Å²) in [5.74, 6) is 0. The van der Waals surface area contributed by atoms with E-state index >= 15 is 0 Å². The van der Waals surface area contributed by atoms with Gasteiger partial charge in [0.05, 0.1) is 5.25 Å². The zero-order valence-electron chi connectivity index (χ0n) is 10.8. The van der Waals surface area contributed by atoms with E-state index in [2.05, 4.69) is 17.2 Å². The summed E-state index contributed by atoms with van der Waals surface area (Å²) in [6, 6.07) is 4.10. The maximum absolute atomic E-state index is 11.7. The van der Waals surface area contributed by atoms with Crippen molar-refractivity contribution in [2.75, 3.05) is 6.26 Å². The van der Waals surface area contributed by atoms with Gasteiger partial charge < -0.3 is 5.32 Å². The Morgan fingerprint density at radius 3 is 2.83 bits per heavy atom. The number of hydrogen-bond donors (Lipinski definition) is 1. The van der Waals surface area contributed by atoms with Gasteiger partial charge in [0, 0.05) is 30.7 Å². The van der Waals surface area contributed by atoms with Gasteiger partial charge in [-0.2, -0.15) is 0 Å². The Bertz CT molecular complexity index is 487. The van der Waals surface area contributed by atoms with E-state index in [4.69, 9.17) is 0 Å². The summed E-state index contributed by atoms with van der Waals surface area (Å²) in [7, 11) is -2.96. The fraction of sp³-hybridized carbons (Fsp3) is 0.615. The molecule has 18 heavy (non-hydrogen) atoms. The molecule has 0 aliphatic heterocycles. The Morgan fingerprint density at radius 2 is 2.22 bits per heavy atom. The Hall–Kier alpha value is -0.940. The standard InChI is InChI=1S/C13H20N2O2S/c1-10(11-5-4-8-14-9-11)15-12-6-3-7-13(12)18(2,16)17/h4-5,8-10,12-13,15H,3,6-7H2,1-2H3/t10-,12?,13?/m0/s1. The van der Waals surface area contributed by atoms with Crippen molar-refractivity contribution in [3.63, 3.8) is 0 Å². The van der Waals surface area contributed by atoms with Crippen LogP contribution in [-0.2, 0) is 9.84 Å². The number of aromatic nitrogens is 1. The number of rotatable bonds is 4. The van der Waals surface area contributed by atoms with E-state index in [9.17, 15) is 8.42 Å². The van der Waals surface area contributed by atoms with Crippen LogP contribution in [0.2, 0.25) is 0 Å². The van der Waals surface area contributed by atoms with Crippen molar-refractivity contribution in [1.82, 2.24) is 10.3 Å². The molecule has 0 saturated heterocycles. The molecule has 1 N–H and O–H groups in total. The van der Waals surface area contributed by atoms with Crippen molar-refractivity contribution in [3.8, 4) is 0 Å². The third kappa shape index (κ3) is 3.09. The van der Waals surface area contributed by atoms with Crippen LogP contribution in [0.15, 0.2) is 24.5 Å². The summed E-state index contributed by atoms with van der Waals surface area (Å²) in [5.41, 5.74) is 1.09. The molecule has 2 rings (SSSR count). The van der Waals surface area contributed by atoms with Crippen LogP contribution < -0.4 is 5.32 Å². The molecule has 1 aliphatic rings. The van der Waals surface area contributed by atoms with E-state index in [1.807, 2.05) is 18.3 Å². The molecule has 1 saturated carbocycles. The molecule has 1 aromatic heterocycles. The fourth-order valence-electron chi connectivity index (χ4n) is 2.68. The van der Waals surface area contributed by atoms with Gasteiger partial charge >= 0.3 is 0 Å². The summed E-state index contributed by atoms with van der Waals surface area (Å²) < 4.78 is 23.4. The van der Waals surface area contributed by atoms with Crippen LogP contribution in [0.4, 0.5) is 0 Å². The molecular weight excluding hydrogens is 248 g/mol. The highest BCUT2D eigenvalue weighted by molar-refractivity contribution is 7.91. The molecule has 3 atom stereocenters. The summed E-state index contributed by atoms with van der Waals surface area (Å²) in [5, 5.41) is 3.19. The van der Waals surface area contributed by atoms with Gasteiger partial charge in [0.2, 0.25) is 0 Å². The monoisotopic (exact) mass is 268 g/mol. The second kappa shape index (κ2) is 5.36. The summed E-state index contributed by atoms with van der Waals surface area (Å²) >= 11 is 0. The van der Waals surface area contributed by atoms with Crippen molar-refractivity contribution in [3.05, 3.63) is 30.1 Å². The number of pyridine rings is 1. The average molecular weight is 268 g/mol. The quantitative estimate of drug-likeness (QED) is 0.903. The van der Waals surface area contributed by atoms with Gasteiger partial charge in [-0.05, 0) is 31.4 Å². The Kier molecular flexibility index (Phi) is 4.02. The van der Waals surface area contributed by atoms with Crippen LogP contribution in [0, 0.1) is 0 Å². The molecule has 1 aromatic rings. The lowest BCUT2D eigenvalue weighted by Crippen LogP contribution is -2.41. The average Bonchev–Trinajstić information content (AvgIpc) is 2.78. The minimum absolute atomic E-state index is 0.0650. The van der Waals surface area contributed by atoms with Gasteiger partial charge in [-0.1, -0.05) is 12.5 Å². The van der Waals surface area contributed by atoms with Gasteiger partial charge in [0.25, 0.3) is 0 Å². The molecule has 4 nitrogen and oxygen atoms in total. The highest BCUT2D eigenvalue weighted by Crippen LogP contribution is 2.27. The molecule has 100 valence electrons. The highest BCUT2D eigenvalue weighted by atomic mass is 32.2. The van der Waals surface area contributed by atoms with E-state index in [0.717, 1.165) is 24.8 Å². The molecular formula is C13H20N2O2S. The van der Waals surface area contributed by atoms with Crippen LogP contribution in [-0.4, -0.2) is 30.9 Å². The smallest absolute Gasteiger partial charge is 0.151 e. The lowest BCUT2D eigenvalue weighted by molar-refractivity contribution is 0.455. The predicted octanol–water partition coefficient (Wildman–Crippen LogP) is 1.70. The highest BCUT2D eigenvalue weighted by Gasteiger charge is 2.35. The van der Waals surface area contributed by atoms with Crippen molar-refractivity contribution in [2.24, 2.45) is 0 Å². The number of nitrogens with zero attached hydrogens (tertiary/aromatic N) is 1. The van der Waals surface area contributed by atoms with Gasteiger partial charge in [-0.15, -0.1) is 0 Å². The summed E-state index contributed by atoms with van der Waals surface area (Å²) in [6.45, 7) is 2.05. The van der Waals surface area contributed by atoms with Crippen molar-refractivity contribution in [1.29, 1.82) is 0 Å². The third-order valence-electron chi connectivity index (χ3n) is 3.65. The van der Waals surface area contributed by atoms with Gasteiger partial charge in [-0.25, -0.2) is 8.42 Å². The van der Waals surface area contributed by atoms with E-state index in [1.54, 1.807) is 6.20 Å². The molecule has 5 heteroatoms. The fourth-order valence-corrected chi connectivity index (χ4v) is 4.08. The molecule has 0 spiro atoms. The molecule has 0 bridgehead atoms. The third-order valence-corrected chi connectivity index (χ3v) is 5.32. The SMILES string of the molecule is C[C@H](NC1CCCC1S(C)(=O)=O)c1cccnc1. The zero-order chi connectivity index (χ0) is 13.2. The molecule has 1 fully saturated rings. The van der Waals surface area contributed by atoms with Gasteiger partial charge in [-0.3, -0.25) is 4.98 Å². The molecule has 0 aromatic carbocycles. The number of hydrogen-bond acceptors (Lipinski definition) is 4. The first kappa shape index (κ1) is 13.5. The van der Waals surface area contributed by atoms with E-state index < -0.39 is 9.84 Å².